The largest absolute Gasteiger partial charge is 0.497 e. The molecule has 0 fully saturated rings. The second-order valence-corrected chi connectivity index (χ2v) is 9.63. The molecule has 2 aromatic heterocycles. The van der Waals surface area contributed by atoms with Gasteiger partial charge in [0.05, 0.1) is 18.2 Å². The number of ether oxygens (including phenoxy) is 1. The van der Waals surface area contributed by atoms with Crippen LogP contribution in [0.1, 0.15) is 29.3 Å². The summed E-state index contributed by atoms with van der Waals surface area (Å²) >= 11 is 9.50. The zero-order chi connectivity index (χ0) is 22.0. The van der Waals surface area contributed by atoms with Crippen LogP contribution in [0, 0.1) is 6.92 Å². The fourth-order valence-corrected chi connectivity index (χ4v) is 6.11. The van der Waals surface area contributed by atoms with Crippen LogP contribution >= 0.6 is 34.7 Å². The van der Waals surface area contributed by atoms with Gasteiger partial charge in [0.1, 0.15) is 10.6 Å². The number of nitrogens with zero attached hydrogens (tertiary/aromatic N) is 2. The molecular weight excluding hydrogens is 448 g/mol. The molecular formula is C24H23ClN2O2S2. The highest BCUT2D eigenvalue weighted by molar-refractivity contribution is 7.98. The van der Waals surface area contributed by atoms with E-state index < -0.39 is 0 Å². The number of rotatable bonds is 7. The number of hydrogen-bond donors (Lipinski definition) is 0. The summed E-state index contributed by atoms with van der Waals surface area (Å²) in [7, 11) is 1.63. The molecule has 0 spiro atoms. The number of thioether (sulfide) groups is 1. The first-order valence-corrected chi connectivity index (χ1v) is 12.3. The molecule has 7 heteroatoms. The Hall–Kier alpha value is -2.28. The van der Waals surface area contributed by atoms with Crippen molar-refractivity contribution in [3.05, 3.63) is 79.9 Å². The number of aromatic nitrogens is 2. The monoisotopic (exact) mass is 470 g/mol. The van der Waals surface area contributed by atoms with Gasteiger partial charge in [0.2, 0.25) is 0 Å². The van der Waals surface area contributed by atoms with Gasteiger partial charge in [0.25, 0.3) is 5.56 Å². The summed E-state index contributed by atoms with van der Waals surface area (Å²) in [5.41, 5.74) is 2.79. The molecule has 0 amide bonds. The van der Waals surface area contributed by atoms with Crippen molar-refractivity contribution in [3.8, 4) is 11.4 Å². The SMILES string of the molecule is CCCc1sc2nc(SCc3ccccc3Cl)n(-c3ccc(OC)cc3)c(=O)c2c1C. The average Bonchev–Trinajstić information content (AvgIpc) is 3.09. The maximum absolute atomic E-state index is 13.7. The fourth-order valence-electron chi connectivity index (χ4n) is 3.49. The van der Waals surface area contributed by atoms with Gasteiger partial charge >= 0.3 is 0 Å². The summed E-state index contributed by atoms with van der Waals surface area (Å²) < 4.78 is 6.99. The molecule has 0 radical (unpaired) electrons. The lowest BCUT2D eigenvalue weighted by Crippen LogP contribution is -2.21. The Morgan fingerprint density at radius 3 is 2.58 bits per heavy atom. The van der Waals surface area contributed by atoms with Gasteiger partial charge in [-0.2, -0.15) is 0 Å². The maximum Gasteiger partial charge on any atom is 0.267 e. The van der Waals surface area contributed by atoms with E-state index in [1.165, 1.54) is 16.6 Å². The van der Waals surface area contributed by atoms with Crippen LogP contribution in [0.15, 0.2) is 58.5 Å². The summed E-state index contributed by atoms with van der Waals surface area (Å²) in [6.45, 7) is 4.18. The van der Waals surface area contributed by atoms with Crippen LogP contribution < -0.4 is 10.3 Å². The van der Waals surface area contributed by atoms with E-state index in [-0.39, 0.29) is 5.56 Å². The molecule has 0 saturated carbocycles. The molecule has 0 aliphatic rings. The molecule has 0 unspecified atom stereocenters. The molecule has 0 aliphatic carbocycles. The lowest BCUT2D eigenvalue weighted by Gasteiger charge is -2.13. The van der Waals surface area contributed by atoms with Crippen LogP contribution in [-0.4, -0.2) is 16.7 Å². The predicted molar refractivity (Wildman–Crippen MR) is 132 cm³/mol. The molecule has 2 aromatic carbocycles. The zero-order valence-corrected chi connectivity index (χ0v) is 20.0. The third-order valence-corrected chi connectivity index (χ3v) is 7.76. The van der Waals surface area contributed by atoms with Crippen LogP contribution in [0.2, 0.25) is 5.02 Å². The van der Waals surface area contributed by atoms with Gasteiger partial charge in [0, 0.05) is 15.7 Å². The minimum Gasteiger partial charge on any atom is -0.497 e. The molecule has 2 heterocycles. The van der Waals surface area contributed by atoms with Crippen molar-refractivity contribution in [2.45, 2.75) is 37.6 Å². The van der Waals surface area contributed by atoms with Gasteiger partial charge in [-0.3, -0.25) is 9.36 Å². The van der Waals surface area contributed by atoms with Crippen LogP contribution in [0.3, 0.4) is 0 Å². The first kappa shape index (κ1) is 21.9. The van der Waals surface area contributed by atoms with Gasteiger partial charge in [-0.25, -0.2) is 4.98 Å². The molecule has 4 nitrogen and oxygen atoms in total. The quantitative estimate of drug-likeness (QED) is 0.223. The number of halogens is 1. The minimum absolute atomic E-state index is 0.0343. The van der Waals surface area contributed by atoms with E-state index in [2.05, 4.69) is 6.92 Å². The standard InChI is InChI=1S/C24H23ClN2O2S2/c1-4-7-20-15(2)21-22(31-20)26-24(30-14-16-8-5-6-9-19(16)25)27(23(21)28)17-10-12-18(29-3)13-11-17/h5-6,8-13H,4,7,14H2,1-3H3. The third-order valence-electron chi connectivity index (χ3n) is 5.15. The third kappa shape index (κ3) is 4.38. The van der Waals surface area contributed by atoms with Crippen molar-refractivity contribution in [3.63, 3.8) is 0 Å². The Balaban J connectivity index is 1.87. The van der Waals surface area contributed by atoms with Crippen molar-refractivity contribution in [2.24, 2.45) is 0 Å². The van der Waals surface area contributed by atoms with Crippen LogP contribution in [0.25, 0.3) is 15.9 Å². The first-order chi connectivity index (χ1) is 15.0. The van der Waals surface area contributed by atoms with Crippen molar-refractivity contribution in [1.82, 2.24) is 9.55 Å². The van der Waals surface area contributed by atoms with Gasteiger partial charge in [-0.1, -0.05) is 54.9 Å². The number of fused-ring (bicyclic) bond motifs is 1. The summed E-state index contributed by atoms with van der Waals surface area (Å²) in [6, 6.07) is 15.3. The van der Waals surface area contributed by atoms with Crippen molar-refractivity contribution < 1.29 is 4.74 Å². The van der Waals surface area contributed by atoms with E-state index >= 15 is 0 Å². The Bertz CT molecular complexity index is 1280. The van der Waals surface area contributed by atoms with Gasteiger partial charge < -0.3 is 4.74 Å². The summed E-state index contributed by atoms with van der Waals surface area (Å²) in [5.74, 6) is 1.37. The molecule has 0 saturated heterocycles. The van der Waals surface area contributed by atoms with Crippen LogP contribution in [-0.2, 0) is 12.2 Å². The minimum atomic E-state index is -0.0343. The van der Waals surface area contributed by atoms with E-state index in [1.54, 1.807) is 23.0 Å². The van der Waals surface area contributed by atoms with E-state index in [4.69, 9.17) is 21.3 Å². The number of thiophene rings is 1. The van der Waals surface area contributed by atoms with E-state index in [9.17, 15) is 4.79 Å². The van der Waals surface area contributed by atoms with Gasteiger partial charge in [-0.05, 0) is 54.8 Å². The number of hydrogen-bond acceptors (Lipinski definition) is 5. The fraction of sp³-hybridized carbons (Fsp3) is 0.250. The Labute approximate surface area is 194 Å². The van der Waals surface area contributed by atoms with E-state index in [0.717, 1.165) is 40.2 Å². The number of benzene rings is 2. The molecule has 4 rings (SSSR count). The summed E-state index contributed by atoms with van der Waals surface area (Å²) in [5, 5.41) is 2.09. The molecule has 160 valence electrons. The topological polar surface area (TPSA) is 44.1 Å². The second kappa shape index (κ2) is 9.47. The molecule has 0 aliphatic heterocycles. The molecule has 0 atom stereocenters. The highest BCUT2D eigenvalue weighted by atomic mass is 35.5. The maximum atomic E-state index is 13.7. The Kier molecular flexibility index (Phi) is 6.70. The molecule has 31 heavy (non-hydrogen) atoms. The summed E-state index contributed by atoms with van der Waals surface area (Å²) in [4.78, 5) is 20.6. The van der Waals surface area contributed by atoms with Crippen molar-refractivity contribution in [2.75, 3.05) is 7.11 Å². The Morgan fingerprint density at radius 1 is 1.16 bits per heavy atom. The van der Waals surface area contributed by atoms with Crippen LogP contribution in [0.5, 0.6) is 5.75 Å². The van der Waals surface area contributed by atoms with E-state index in [0.29, 0.717) is 21.3 Å². The van der Waals surface area contributed by atoms with Crippen LogP contribution in [0.4, 0.5) is 0 Å². The molecule has 0 N–H and O–H groups in total. The number of methoxy groups -OCH3 is 1. The Morgan fingerprint density at radius 2 is 1.90 bits per heavy atom. The zero-order valence-electron chi connectivity index (χ0n) is 17.6. The molecule has 4 aromatic rings. The van der Waals surface area contributed by atoms with Gasteiger partial charge in [0.15, 0.2) is 5.16 Å². The van der Waals surface area contributed by atoms with Gasteiger partial charge in [-0.15, -0.1) is 11.3 Å². The van der Waals surface area contributed by atoms with Crippen molar-refractivity contribution >= 4 is 44.9 Å². The second-order valence-electron chi connectivity index (χ2n) is 7.19. The predicted octanol–water partition coefficient (Wildman–Crippen LogP) is 6.66. The van der Waals surface area contributed by atoms with Crippen molar-refractivity contribution in [1.29, 1.82) is 0 Å². The highest BCUT2D eigenvalue weighted by Gasteiger charge is 2.19. The summed E-state index contributed by atoms with van der Waals surface area (Å²) in [6.07, 6.45) is 1.99. The lowest BCUT2D eigenvalue weighted by molar-refractivity contribution is 0.414. The average molecular weight is 471 g/mol. The number of aryl methyl sites for hydroxylation is 2. The smallest absolute Gasteiger partial charge is 0.267 e. The molecule has 0 bridgehead atoms. The van der Waals surface area contributed by atoms with E-state index in [1.807, 2.05) is 55.5 Å². The normalized spacial score (nSPS) is 11.2. The first-order valence-electron chi connectivity index (χ1n) is 10.1. The lowest BCUT2D eigenvalue weighted by atomic mass is 10.1. The highest BCUT2D eigenvalue weighted by Crippen LogP contribution is 2.33.